The Morgan fingerprint density at radius 1 is 1.18 bits per heavy atom. The van der Waals surface area contributed by atoms with Gasteiger partial charge in [-0.25, -0.2) is 9.37 Å². The number of fused-ring (bicyclic) bond motifs is 2. The van der Waals surface area contributed by atoms with Crippen molar-refractivity contribution in [3.63, 3.8) is 0 Å². The van der Waals surface area contributed by atoms with Gasteiger partial charge in [-0.05, 0) is 69.0 Å². The van der Waals surface area contributed by atoms with Crippen LogP contribution in [0.25, 0.3) is 11.1 Å². The summed E-state index contributed by atoms with van der Waals surface area (Å²) in [5.74, 6) is -0.371. The molecule has 2 amide bonds. The van der Waals surface area contributed by atoms with Crippen molar-refractivity contribution < 1.29 is 18.7 Å². The van der Waals surface area contributed by atoms with E-state index in [2.05, 4.69) is 10.3 Å². The molecule has 40 heavy (non-hydrogen) atoms. The minimum atomic E-state index is -0.960. The molecule has 1 spiro atoms. The number of piperidine rings is 1. The summed E-state index contributed by atoms with van der Waals surface area (Å²) in [5.41, 5.74) is 13.9. The van der Waals surface area contributed by atoms with Crippen molar-refractivity contribution in [1.29, 1.82) is 0 Å². The van der Waals surface area contributed by atoms with Crippen LogP contribution in [0, 0.1) is 5.82 Å². The van der Waals surface area contributed by atoms with E-state index in [1.165, 1.54) is 12.1 Å². The van der Waals surface area contributed by atoms with E-state index in [0.717, 1.165) is 11.1 Å². The first kappa shape index (κ1) is 28.1. The second-order valence-electron chi connectivity index (χ2n) is 10.9. The second kappa shape index (κ2) is 10.2. The van der Waals surface area contributed by atoms with E-state index in [0.29, 0.717) is 42.7 Å². The molecule has 2 aliphatic heterocycles. The number of nitrogen functional groups attached to an aromatic ring is 1. The number of hydrogen-bond acceptors (Lipinski definition) is 6. The Morgan fingerprint density at radius 3 is 2.55 bits per heavy atom. The van der Waals surface area contributed by atoms with E-state index in [9.17, 15) is 14.0 Å². The van der Waals surface area contributed by atoms with Crippen LogP contribution in [0.1, 0.15) is 50.8 Å². The molecular weight excluding hydrogens is 556 g/mol. The molecule has 0 aliphatic carbocycles. The third-order valence-electron chi connectivity index (χ3n) is 7.68. The highest BCUT2D eigenvalue weighted by Gasteiger charge is 2.49. The average molecular weight is 586 g/mol. The monoisotopic (exact) mass is 585 g/mol. The molecule has 5 N–H and O–H groups in total. The maximum atomic E-state index is 14.1. The maximum absolute atomic E-state index is 14.1. The molecule has 8 nitrogen and oxygen atoms in total. The van der Waals surface area contributed by atoms with E-state index in [4.69, 9.17) is 39.4 Å². The van der Waals surface area contributed by atoms with Crippen LogP contribution in [0.2, 0.25) is 10.0 Å². The Balaban J connectivity index is 1.39. The van der Waals surface area contributed by atoms with Gasteiger partial charge in [0.15, 0.2) is 11.6 Å². The Hall–Kier alpha value is -3.40. The van der Waals surface area contributed by atoms with Crippen molar-refractivity contribution in [3.05, 3.63) is 69.6 Å². The van der Waals surface area contributed by atoms with Crippen molar-refractivity contribution in [1.82, 2.24) is 9.88 Å². The van der Waals surface area contributed by atoms with Crippen LogP contribution in [-0.2, 0) is 15.0 Å². The fourth-order valence-corrected chi connectivity index (χ4v) is 6.15. The number of nitrogens with two attached hydrogens (primary N) is 2. The van der Waals surface area contributed by atoms with E-state index < -0.39 is 22.9 Å². The first-order valence-electron chi connectivity index (χ1n) is 12.9. The molecule has 11 heteroatoms. The first-order valence-corrected chi connectivity index (χ1v) is 13.7. The van der Waals surface area contributed by atoms with Gasteiger partial charge in [-0.15, -0.1) is 0 Å². The number of pyridine rings is 1. The zero-order valence-corrected chi connectivity index (χ0v) is 23.9. The molecule has 0 bridgehead atoms. The van der Waals surface area contributed by atoms with Crippen LogP contribution in [0.15, 0.2) is 42.6 Å². The lowest BCUT2D eigenvalue weighted by molar-refractivity contribution is -0.139. The number of amides is 2. The lowest BCUT2D eigenvalue weighted by Crippen LogP contribution is -2.56. The molecule has 1 fully saturated rings. The molecule has 0 radical (unpaired) electrons. The topological polar surface area (TPSA) is 124 Å². The standard InChI is InChI=1S/C29H30Cl2FN5O3/c1-15(23-19(30)6-7-20(32)24(23)31)40-22-13-17(14-35-25(22)33)16-4-5-18-21(12-16)36-26(38)29(18)8-10-37(11-9-29)27(39)28(2,3)34/h4-7,12-15H,8-11,34H2,1-3H3,(H2,33,35)(H,36,38)/t15-/m1/s1. The van der Waals surface area contributed by atoms with Gasteiger partial charge < -0.3 is 26.4 Å². The third kappa shape index (κ3) is 4.87. The molecule has 1 saturated heterocycles. The number of ether oxygens (including phenoxy) is 1. The van der Waals surface area contributed by atoms with E-state index >= 15 is 0 Å². The van der Waals surface area contributed by atoms with Gasteiger partial charge in [0.2, 0.25) is 11.8 Å². The highest BCUT2D eigenvalue weighted by molar-refractivity contribution is 6.36. The zero-order chi connectivity index (χ0) is 29.0. The van der Waals surface area contributed by atoms with E-state index in [-0.39, 0.29) is 33.4 Å². The fraction of sp³-hybridized carbons (Fsp3) is 0.345. The molecule has 210 valence electrons. The van der Waals surface area contributed by atoms with Gasteiger partial charge in [0.1, 0.15) is 11.9 Å². The van der Waals surface area contributed by atoms with Gasteiger partial charge in [-0.2, -0.15) is 0 Å². The normalized spacial score (nSPS) is 17.0. The van der Waals surface area contributed by atoms with Crippen LogP contribution >= 0.6 is 23.2 Å². The lowest BCUT2D eigenvalue weighted by Gasteiger charge is -2.40. The summed E-state index contributed by atoms with van der Waals surface area (Å²) in [6, 6.07) is 10.1. The molecular formula is C29H30Cl2FN5O3. The molecule has 3 heterocycles. The minimum Gasteiger partial charge on any atom is -0.482 e. The van der Waals surface area contributed by atoms with Crippen LogP contribution in [0.3, 0.4) is 0 Å². The number of rotatable bonds is 5. The molecule has 0 unspecified atom stereocenters. The largest absolute Gasteiger partial charge is 0.482 e. The molecule has 2 aliphatic rings. The lowest BCUT2D eigenvalue weighted by atomic mass is 9.73. The Bertz CT molecular complexity index is 1520. The number of carbonyl (C=O) groups is 2. The number of anilines is 2. The SMILES string of the molecule is C[C@@H](Oc1cc(-c2ccc3c(c2)NC(=O)C32CCN(C(=O)C(C)(C)N)CC2)cnc1N)c1c(Cl)ccc(F)c1Cl. The van der Waals surface area contributed by atoms with Crippen molar-refractivity contribution in [2.75, 3.05) is 24.1 Å². The molecule has 5 rings (SSSR count). The van der Waals surface area contributed by atoms with Crippen molar-refractivity contribution in [2.24, 2.45) is 5.73 Å². The summed E-state index contributed by atoms with van der Waals surface area (Å²) in [4.78, 5) is 31.9. The van der Waals surface area contributed by atoms with Gasteiger partial charge in [0, 0.05) is 41.1 Å². The zero-order valence-electron chi connectivity index (χ0n) is 22.4. The van der Waals surface area contributed by atoms with E-state index in [1.807, 2.05) is 18.2 Å². The summed E-state index contributed by atoms with van der Waals surface area (Å²) >= 11 is 12.4. The van der Waals surface area contributed by atoms with E-state index in [1.54, 1.807) is 37.9 Å². The predicted molar refractivity (Wildman–Crippen MR) is 154 cm³/mol. The van der Waals surface area contributed by atoms with Crippen molar-refractivity contribution in [2.45, 2.75) is 50.7 Å². The van der Waals surface area contributed by atoms with Gasteiger partial charge in [-0.3, -0.25) is 9.59 Å². The van der Waals surface area contributed by atoms with Gasteiger partial charge in [-0.1, -0.05) is 35.3 Å². The molecule has 2 aromatic carbocycles. The summed E-state index contributed by atoms with van der Waals surface area (Å²) < 4.78 is 20.1. The quantitative estimate of drug-likeness (QED) is 0.341. The number of carbonyl (C=O) groups excluding carboxylic acids is 2. The Labute approximate surface area is 241 Å². The number of nitrogens with one attached hydrogen (secondary N) is 1. The average Bonchev–Trinajstić information content (AvgIpc) is 3.17. The van der Waals surface area contributed by atoms with Crippen molar-refractivity contribution in [3.8, 4) is 16.9 Å². The van der Waals surface area contributed by atoms with Gasteiger partial charge >= 0.3 is 0 Å². The molecule has 3 aromatic rings. The van der Waals surface area contributed by atoms with Crippen LogP contribution in [-0.4, -0.2) is 40.3 Å². The highest BCUT2D eigenvalue weighted by Crippen LogP contribution is 2.46. The number of nitrogens with zero attached hydrogens (tertiary/aromatic N) is 2. The molecule has 1 atom stereocenters. The summed E-state index contributed by atoms with van der Waals surface area (Å²) in [6.07, 6.45) is 1.92. The summed E-state index contributed by atoms with van der Waals surface area (Å²) in [5, 5.41) is 3.18. The van der Waals surface area contributed by atoms with Crippen LogP contribution in [0.5, 0.6) is 5.75 Å². The number of likely N-dealkylation sites (tertiary alicyclic amines) is 1. The highest BCUT2D eigenvalue weighted by atomic mass is 35.5. The smallest absolute Gasteiger partial charge is 0.242 e. The predicted octanol–water partition coefficient (Wildman–Crippen LogP) is 5.47. The molecule has 1 aromatic heterocycles. The first-order chi connectivity index (χ1) is 18.8. The fourth-order valence-electron chi connectivity index (χ4n) is 5.48. The Kier molecular flexibility index (Phi) is 7.18. The number of benzene rings is 2. The number of hydrogen-bond donors (Lipinski definition) is 3. The second-order valence-corrected chi connectivity index (χ2v) is 11.7. The van der Waals surface area contributed by atoms with Gasteiger partial charge in [0.05, 0.1) is 16.0 Å². The summed E-state index contributed by atoms with van der Waals surface area (Å²) in [7, 11) is 0. The van der Waals surface area contributed by atoms with Crippen molar-refractivity contribution >= 4 is 46.5 Å². The minimum absolute atomic E-state index is 0.0733. The maximum Gasteiger partial charge on any atom is 0.242 e. The van der Waals surface area contributed by atoms with Gasteiger partial charge in [0.25, 0.3) is 0 Å². The number of aromatic nitrogens is 1. The molecule has 0 saturated carbocycles. The summed E-state index contributed by atoms with van der Waals surface area (Å²) in [6.45, 7) is 5.97. The Morgan fingerprint density at radius 2 is 1.88 bits per heavy atom. The van der Waals surface area contributed by atoms with Crippen LogP contribution < -0.4 is 21.5 Å². The van der Waals surface area contributed by atoms with Crippen LogP contribution in [0.4, 0.5) is 15.9 Å². The number of halogens is 3. The third-order valence-corrected chi connectivity index (χ3v) is 8.39.